The molecular weight excluding hydrogens is 457 g/mol. The zero-order chi connectivity index (χ0) is 23.7. The Morgan fingerprint density at radius 3 is 2.58 bits per heavy atom. The topological polar surface area (TPSA) is 129 Å². The summed E-state index contributed by atoms with van der Waals surface area (Å²) in [5, 5.41) is 9.39. The van der Waals surface area contributed by atoms with E-state index in [-0.39, 0.29) is 41.9 Å². The highest BCUT2D eigenvalue weighted by Crippen LogP contribution is 2.45. The van der Waals surface area contributed by atoms with E-state index in [0.717, 1.165) is 29.6 Å². The highest BCUT2D eigenvalue weighted by Gasteiger charge is 2.45. The number of carboxylic acid groups (broad SMARTS) is 1. The predicted molar refractivity (Wildman–Crippen MR) is 117 cm³/mol. The lowest BCUT2D eigenvalue weighted by molar-refractivity contribution is 0.0694. The van der Waals surface area contributed by atoms with Gasteiger partial charge in [0.25, 0.3) is 0 Å². The molecule has 0 radical (unpaired) electrons. The largest absolute Gasteiger partial charge is 0.492 e. The summed E-state index contributed by atoms with van der Waals surface area (Å²) >= 11 is 0. The van der Waals surface area contributed by atoms with Crippen molar-refractivity contribution in [2.24, 2.45) is 5.92 Å². The maximum Gasteiger partial charge on any atom is 0.341 e. The summed E-state index contributed by atoms with van der Waals surface area (Å²) in [6, 6.07) is 0.520. The van der Waals surface area contributed by atoms with Gasteiger partial charge in [-0.2, -0.15) is 12.7 Å². The number of aromatic nitrogens is 1. The van der Waals surface area contributed by atoms with Gasteiger partial charge in [-0.1, -0.05) is 0 Å². The smallest absolute Gasteiger partial charge is 0.341 e. The molecule has 33 heavy (non-hydrogen) atoms. The number of methoxy groups -OCH3 is 1. The molecule has 5 rings (SSSR count). The molecule has 2 saturated heterocycles. The molecule has 12 heteroatoms. The highest BCUT2D eigenvalue weighted by atomic mass is 32.2. The number of benzene rings is 1. The number of carbonyl (C=O) groups is 1. The number of ether oxygens (including phenoxy) is 1. The van der Waals surface area contributed by atoms with E-state index in [0.29, 0.717) is 18.5 Å². The van der Waals surface area contributed by atoms with Crippen LogP contribution >= 0.6 is 0 Å². The van der Waals surface area contributed by atoms with E-state index in [1.807, 2.05) is 0 Å². The summed E-state index contributed by atoms with van der Waals surface area (Å²) < 4.78 is 57.2. The van der Waals surface area contributed by atoms with Crippen LogP contribution in [0.15, 0.2) is 17.1 Å². The van der Waals surface area contributed by atoms with Crippen LogP contribution in [0.25, 0.3) is 10.9 Å². The average molecular weight is 482 g/mol. The van der Waals surface area contributed by atoms with Gasteiger partial charge in [0.15, 0.2) is 11.6 Å². The Kier molecular flexibility index (Phi) is 5.14. The summed E-state index contributed by atoms with van der Waals surface area (Å²) in [6.07, 6.45) is 4.21. The second-order valence-electron chi connectivity index (χ2n) is 8.92. The molecular formula is C21H24FN3O7S. The van der Waals surface area contributed by atoms with Crippen LogP contribution in [0.1, 0.15) is 42.1 Å². The number of hydrogen-bond donors (Lipinski definition) is 2. The molecule has 1 aromatic heterocycles. The third kappa shape index (κ3) is 3.56. The predicted octanol–water partition coefficient (Wildman–Crippen LogP) is 1.89. The molecule has 1 aromatic carbocycles. The van der Waals surface area contributed by atoms with Crippen molar-refractivity contribution < 1.29 is 32.0 Å². The van der Waals surface area contributed by atoms with Crippen LogP contribution in [-0.2, 0) is 10.3 Å². The number of anilines is 1. The number of fused-ring (bicyclic) bond motifs is 2. The molecule has 3 fully saturated rings. The minimum absolute atomic E-state index is 0.0189. The SMILES string of the molecule is COc1c(N2C[C@@H]3CCCN(S(=O)(=O)O)[C@@H]3C2)c(F)cc2c(=O)c(C(=O)O)cn(C3CC3)c12. The van der Waals surface area contributed by atoms with Crippen molar-refractivity contribution in [1.29, 1.82) is 0 Å². The normalized spacial score (nSPS) is 23.7. The number of nitrogens with zero attached hydrogens (tertiary/aromatic N) is 3. The Bertz CT molecular complexity index is 1320. The zero-order valence-corrected chi connectivity index (χ0v) is 18.7. The van der Waals surface area contributed by atoms with E-state index >= 15 is 4.39 Å². The van der Waals surface area contributed by atoms with Crippen LogP contribution in [0.2, 0.25) is 0 Å². The molecule has 2 N–H and O–H groups in total. The van der Waals surface area contributed by atoms with Crippen LogP contribution in [0, 0.1) is 11.7 Å². The highest BCUT2D eigenvalue weighted by molar-refractivity contribution is 7.83. The summed E-state index contributed by atoms with van der Waals surface area (Å²) in [6.45, 7) is 0.713. The minimum atomic E-state index is -4.39. The van der Waals surface area contributed by atoms with Gasteiger partial charge in [-0.25, -0.2) is 9.18 Å². The first-order valence-corrected chi connectivity index (χ1v) is 12.2. The third-order valence-corrected chi connectivity index (χ3v) is 7.96. The molecule has 1 aliphatic carbocycles. The van der Waals surface area contributed by atoms with Gasteiger partial charge in [-0.15, -0.1) is 0 Å². The van der Waals surface area contributed by atoms with E-state index in [2.05, 4.69) is 0 Å². The lowest BCUT2D eigenvalue weighted by Crippen LogP contribution is -2.48. The van der Waals surface area contributed by atoms with Crippen molar-refractivity contribution in [2.75, 3.05) is 31.6 Å². The lowest BCUT2D eigenvalue weighted by Gasteiger charge is -2.33. The minimum Gasteiger partial charge on any atom is -0.492 e. The monoisotopic (exact) mass is 481 g/mol. The van der Waals surface area contributed by atoms with Crippen LogP contribution in [-0.4, -0.2) is 65.7 Å². The maximum atomic E-state index is 15.5. The Labute approximate surface area is 189 Å². The lowest BCUT2D eigenvalue weighted by atomic mass is 9.94. The number of rotatable bonds is 5. The van der Waals surface area contributed by atoms with E-state index < -0.39 is 39.1 Å². The molecule has 2 aliphatic heterocycles. The van der Waals surface area contributed by atoms with Crippen LogP contribution in [0.3, 0.4) is 0 Å². The Morgan fingerprint density at radius 2 is 1.97 bits per heavy atom. The fourth-order valence-electron chi connectivity index (χ4n) is 5.33. The van der Waals surface area contributed by atoms with Gasteiger partial charge in [0.05, 0.1) is 18.0 Å². The number of aromatic carboxylic acids is 1. The molecule has 10 nitrogen and oxygen atoms in total. The van der Waals surface area contributed by atoms with Gasteiger partial charge in [-0.3, -0.25) is 9.35 Å². The Hall–Kier alpha value is -2.70. The zero-order valence-electron chi connectivity index (χ0n) is 17.9. The van der Waals surface area contributed by atoms with Crippen molar-refractivity contribution in [1.82, 2.24) is 8.87 Å². The van der Waals surface area contributed by atoms with Crippen molar-refractivity contribution in [3.63, 3.8) is 0 Å². The first-order valence-electron chi connectivity index (χ1n) is 10.8. The second-order valence-corrected chi connectivity index (χ2v) is 10.3. The number of carboxylic acids is 1. The number of hydrogen-bond acceptors (Lipinski definition) is 6. The van der Waals surface area contributed by atoms with Gasteiger partial charge in [0.2, 0.25) is 5.43 Å². The molecule has 1 saturated carbocycles. The fraction of sp³-hybridized carbons (Fsp3) is 0.524. The molecule has 2 atom stereocenters. The molecule has 3 heterocycles. The molecule has 3 aliphatic rings. The van der Waals surface area contributed by atoms with Crippen molar-refractivity contribution in [3.05, 3.63) is 33.9 Å². The summed E-state index contributed by atoms with van der Waals surface area (Å²) in [5.41, 5.74) is -0.787. The van der Waals surface area contributed by atoms with Crippen molar-refractivity contribution >= 4 is 32.9 Å². The Morgan fingerprint density at radius 1 is 1.24 bits per heavy atom. The third-order valence-electron chi connectivity index (χ3n) is 6.92. The average Bonchev–Trinajstić information content (AvgIpc) is 3.50. The first-order chi connectivity index (χ1) is 15.6. The first kappa shape index (κ1) is 22.1. The van der Waals surface area contributed by atoms with Crippen molar-refractivity contribution in [2.45, 2.75) is 37.8 Å². The Balaban J connectivity index is 1.68. The molecule has 0 spiro atoms. The van der Waals surface area contributed by atoms with E-state index in [4.69, 9.17) is 4.74 Å². The van der Waals surface area contributed by atoms with Gasteiger partial charge in [0, 0.05) is 37.9 Å². The molecule has 0 amide bonds. The standard InChI is InChI=1S/C21H24FN3O7S/c1-32-20-17-13(19(26)14(21(27)28)9-24(17)12-4-5-12)7-15(22)18(20)23-8-11-3-2-6-25(16(11)10-23)33(29,30)31/h7,9,11-12,16H,2-6,8,10H2,1H3,(H,27,28)(H,29,30,31)/t11-,16+/m0/s1. The van der Waals surface area contributed by atoms with Gasteiger partial charge >= 0.3 is 16.3 Å². The number of halogens is 1. The summed E-state index contributed by atoms with van der Waals surface area (Å²) in [7, 11) is -3.03. The number of piperidine rings is 1. The molecule has 0 unspecified atom stereocenters. The number of pyridine rings is 1. The summed E-state index contributed by atoms with van der Waals surface area (Å²) in [4.78, 5) is 26.2. The van der Waals surface area contributed by atoms with E-state index in [9.17, 15) is 27.7 Å². The van der Waals surface area contributed by atoms with Gasteiger partial charge in [-0.05, 0) is 37.7 Å². The molecule has 0 bridgehead atoms. The van der Waals surface area contributed by atoms with Crippen LogP contribution < -0.4 is 15.1 Å². The van der Waals surface area contributed by atoms with Crippen LogP contribution in [0.4, 0.5) is 10.1 Å². The maximum absolute atomic E-state index is 15.5. The van der Waals surface area contributed by atoms with Gasteiger partial charge < -0.3 is 19.3 Å². The van der Waals surface area contributed by atoms with Crippen molar-refractivity contribution in [3.8, 4) is 5.75 Å². The van der Waals surface area contributed by atoms with Gasteiger partial charge in [0.1, 0.15) is 11.3 Å². The van der Waals surface area contributed by atoms with E-state index in [1.54, 1.807) is 9.47 Å². The fourth-order valence-corrected chi connectivity index (χ4v) is 6.27. The molecule has 2 aromatic rings. The quantitative estimate of drug-likeness (QED) is 0.620. The molecule has 178 valence electrons. The second kappa shape index (κ2) is 7.67. The van der Waals surface area contributed by atoms with E-state index in [1.165, 1.54) is 13.3 Å². The van der Waals surface area contributed by atoms with Crippen LogP contribution in [0.5, 0.6) is 5.75 Å². The summed E-state index contributed by atoms with van der Waals surface area (Å²) in [5.74, 6) is -2.12.